The number of nitrogen functional groups attached to an aromatic ring is 1. The molecule has 0 radical (unpaired) electrons. The molecule has 1 aliphatic rings. The smallest absolute Gasteiger partial charge is 0.241 e. The molecule has 1 aromatic carbocycles. The number of anilines is 1. The van der Waals surface area contributed by atoms with Crippen LogP contribution in [-0.4, -0.2) is 26.7 Å². The predicted octanol–water partition coefficient (Wildman–Crippen LogP) is 1.40. The van der Waals surface area contributed by atoms with Crippen LogP contribution < -0.4 is 10.5 Å². The van der Waals surface area contributed by atoms with Crippen LogP contribution in [0.4, 0.5) is 10.1 Å². The SMILES string of the molecule is Cc1c(F)cc(N)cc1S(=O)(=O)NCC1CCCC1CO. The van der Waals surface area contributed by atoms with Gasteiger partial charge in [-0.25, -0.2) is 17.5 Å². The average Bonchev–Trinajstić information content (AvgIpc) is 2.88. The number of aliphatic hydroxyl groups excluding tert-OH is 1. The molecule has 5 nitrogen and oxygen atoms in total. The fraction of sp³-hybridized carbons (Fsp3) is 0.571. The molecule has 0 heterocycles. The van der Waals surface area contributed by atoms with Crippen molar-refractivity contribution in [1.82, 2.24) is 4.72 Å². The van der Waals surface area contributed by atoms with Crippen LogP contribution in [0.3, 0.4) is 0 Å². The first kappa shape index (κ1) is 16.2. The summed E-state index contributed by atoms with van der Waals surface area (Å²) in [7, 11) is -3.81. The number of benzene rings is 1. The Kier molecular flexibility index (Phi) is 4.85. The van der Waals surface area contributed by atoms with Crippen LogP contribution in [0.15, 0.2) is 17.0 Å². The summed E-state index contributed by atoms with van der Waals surface area (Å²) in [6, 6.07) is 2.37. The van der Waals surface area contributed by atoms with E-state index >= 15 is 0 Å². The zero-order chi connectivity index (χ0) is 15.6. The standard InChI is InChI=1S/C14H21FN2O3S/c1-9-13(15)5-12(16)6-14(9)21(19,20)17-7-10-3-2-4-11(10)8-18/h5-6,10-11,17-18H,2-4,7-8,16H2,1H3. The Morgan fingerprint density at radius 3 is 2.71 bits per heavy atom. The molecule has 1 aliphatic carbocycles. The van der Waals surface area contributed by atoms with Crippen LogP contribution in [-0.2, 0) is 10.0 Å². The van der Waals surface area contributed by atoms with Gasteiger partial charge in [0, 0.05) is 24.4 Å². The molecule has 0 saturated heterocycles. The highest BCUT2D eigenvalue weighted by atomic mass is 32.2. The van der Waals surface area contributed by atoms with Crippen molar-refractivity contribution in [1.29, 1.82) is 0 Å². The van der Waals surface area contributed by atoms with Gasteiger partial charge in [0.05, 0.1) is 4.90 Å². The van der Waals surface area contributed by atoms with Crippen LogP contribution >= 0.6 is 0 Å². The monoisotopic (exact) mass is 316 g/mol. The molecular weight excluding hydrogens is 295 g/mol. The highest BCUT2D eigenvalue weighted by molar-refractivity contribution is 7.89. The van der Waals surface area contributed by atoms with Gasteiger partial charge in [-0.3, -0.25) is 0 Å². The van der Waals surface area contributed by atoms with Gasteiger partial charge in [0.25, 0.3) is 0 Å². The van der Waals surface area contributed by atoms with Crippen molar-refractivity contribution in [2.45, 2.75) is 31.1 Å². The zero-order valence-corrected chi connectivity index (χ0v) is 12.8. The quantitative estimate of drug-likeness (QED) is 0.716. The van der Waals surface area contributed by atoms with Crippen molar-refractivity contribution in [2.24, 2.45) is 11.8 Å². The van der Waals surface area contributed by atoms with E-state index in [0.29, 0.717) is 0 Å². The van der Waals surface area contributed by atoms with Gasteiger partial charge in [-0.05, 0) is 43.7 Å². The molecule has 1 saturated carbocycles. The van der Waals surface area contributed by atoms with Crippen molar-refractivity contribution in [3.8, 4) is 0 Å². The van der Waals surface area contributed by atoms with Gasteiger partial charge in [-0.15, -0.1) is 0 Å². The van der Waals surface area contributed by atoms with Gasteiger partial charge < -0.3 is 10.8 Å². The number of rotatable bonds is 5. The van der Waals surface area contributed by atoms with Crippen LogP contribution in [0, 0.1) is 24.6 Å². The molecule has 4 N–H and O–H groups in total. The molecule has 1 aromatic rings. The topological polar surface area (TPSA) is 92.4 Å². The second-order valence-corrected chi connectivity index (χ2v) is 7.35. The van der Waals surface area contributed by atoms with E-state index in [1.54, 1.807) is 0 Å². The van der Waals surface area contributed by atoms with E-state index in [1.807, 2.05) is 0 Å². The molecule has 0 amide bonds. The average molecular weight is 316 g/mol. The van der Waals surface area contributed by atoms with Crippen molar-refractivity contribution in [3.63, 3.8) is 0 Å². The molecule has 2 unspecified atom stereocenters. The van der Waals surface area contributed by atoms with E-state index < -0.39 is 15.8 Å². The highest BCUT2D eigenvalue weighted by Crippen LogP contribution is 2.31. The van der Waals surface area contributed by atoms with Gasteiger partial charge in [0.15, 0.2) is 0 Å². The summed E-state index contributed by atoms with van der Waals surface area (Å²) in [6.07, 6.45) is 2.79. The van der Waals surface area contributed by atoms with Gasteiger partial charge in [0.2, 0.25) is 10.0 Å². The molecule has 118 valence electrons. The lowest BCUT2D eigenvalue weighted by molar-refractivity contribution is 0.195. The van der Waals surface area contributed by atoms with Crippen LogP contribution in [0.5, 0.6) is 0 Å². The Bertz CT molecular complexity index is 619. The largest absolute Gasteiger partial charge is 0.399 e. The molecule has 21 heavy (non-hydrogen) atoms. The lowest BCUT2D eigenvalue weighted by atomic mass is 9.97. The molecule has 0 bridgehead atoms. The molecule has 2 atom stereocenters. The third-order valence-electron chi connectivity index (χ3n) is 4.20. The maximum Gasteiger partial charge on any atom is 0.241 e. The van der Waals surface area contributed by atoms with Crippen molar-refractivity contribution in [2.75, 3.05) is 18.9 Å². The number of halogens is 1. The Labute approximate surface area is 124 Å². The predicted molar refractivity (Wildman–Crippen MR) is 78.7 cm³/mol. The number of nitrogens with two attached hydrogens (primary N) is 1. The number of hydrogen-bond donors (Lipinski definition) is 3. The Morgan fingerprint density at radius 1 is 1.38 bits per heavy atom. The Hall–Kier alpha value is -1.18. The second kappa shape index (κ2) is 6.29. The molecule has 2 rings (SSSR count). The zero-order valence-electron chi connectivity index (χ0n) is 12.0. The second-order valence-electron chi connectivity index (χ2n) is 5.61. The van der Waals surface area contributed by atoms with Gasteiger partial charge >= 0.3 is 0 Å². The lowest BCUT2D eigenvalue weighted by Crippen LogP contribution is -2.32. The van der Waals surface area contributed by atoms with Gasteiger partial charge in [0.1, 0.15) is 5.82 Å². The minimum absolute atomic E-state index is 0.0573. The van der Waals surface area contributed by atoms with Crippen LogP contribution in [0.25, 0.3) is 0 Å². The summed E-state index contributed by atoms with van der Waals surface area (Å²) in [6.45, 7) is 1.73. The minimum Gasteiger partial charge on any atom is -0.399 e. The molecule has 7 heteroatoms. The fourth-order valence-electron chi connectivity index (χ4n) is 2.87. The van der Waals surface area contributed by atoms with Gasteiger partial charge in [-0.2, -0.15) is 0 Å². The maximum absolute atomic E-state index is 13.6. The summed E-state index contributed by atoms with van der Waals surface area (Å²) in [5.41, 5.74) is 5.66. The molecule has 1 fully saturated rings. The summed E-state index contributed by atoms with van der Waals surface area (Å²) >= 11 is 0. The van der Waals surface area contributed by atoms with Crippen LogP contribution in [0.2, 0.25) is 0 Å². The van der Waals surface area contributed by atoms with Gasteiger partial charge in [-0.1, -0.05) is 6.42 Å². The molecule has 0 spiro atoms. The Balaban J connectivity index is 2.16. The van der Waals surface area contributed by atoms with Crippen molar-refractivity contribution >= 4 is 15.7 Å². The fourth-order valence-corrected chi connectivity index (χ4v) is 4.25. The first-order valence-electron chi connectivity index (χ1n) is 7.01. The van der Waals surface area contributed by atoms with Crippen molar-refractivity contribution in [3.05, 3.63) is 23.5 Å². The summed E-state index contributed by atoms with van der Waals surface area (Å²) in [5, 5.41) is 9.26. The first-order chi connectivity index (χ1) is 9.85. The number of hydrogen-bond acceptors (Lipinski definition) is 4. The lowest BCUT2D eigenvalue weighted by Gasteiger charge is -2.18. The van der Waals surface area contributed by atoms with E-state index in [9.17, 15) is 17.9 Å². The van der Waals surface area contributed by atoms with E-state index in [-0.39, 0.29) is 41.1 Å². The van der Waals surface area contributed by atoms with Crippen molar-refractivity contribution < 1.29 is 17.9 Å². The molecular formula is C14H21FN2O3S. The summed E-state index contributed by atoms with van der Waals surface area (Å²) in [5.74, 6) is -0.383. The number of sulfonamides is 1. The maximum atomic E-state index is 13.6. The van der Waals surface area contributed by atoms with E-state index in [1.165, 1.54) is 13.0 Å². The molecule has 0 aliphatic heterocycles. The van der Waals surface area contributed by atoms with E-state index in [4.69, 9.17) is 5.73 Å². The number of nitrogens with one attached hydrogen (secondary N) is 1. The number of aliphatic hydroxyl groups is 1. The normalized spacial score (nSPS) is 22.6. The third kappa shape index (κ3) is 3.53. The van der Waals surface area contributed by atoms with E-state index in [0.717, 1.165) is 25.3 Å². The summed E-state index contributed by atoms with van der Waals surface area (Å²) < 4.78 is 40.8. The van der Waals surface area contributed by atoms with Crippen LogP contribution in [0.1, 0.15) is 24.8 Å². The molecule has 0 aromatic heterocycles. The minimum atomic E-state index is -3.81. The summed E-state index contributed by atoms with van der Waals surface area (Å²) in [4.78, 5) is -0.126. The third-order valence-corrected chi connectivity index (χ3v) is 5.74. The first-order valence-corrected chi connectivity index (χ1v) is 8.49. The Morgan fingerprint density at radius 2 is 2.05 bits per heavy atom. The highest BCUT2D eigenvalue weighted by Gasteiger charge is 2.28. The van der Waals surface area contributed by atoms with E-state index in [2.05, 4.69) is 4.72 Å².